The first-order valence-electron chi connectivity index (χ1n) is 8.66. The van der Waals surface area contributed by atoms with Gasteiger partial charge in [-0.25, -0.2) is 0 Å². The van der Waals surface area contributed by atoms with Gasteiger partial charge in [-0.2, -0.15) is 0 Å². The zero-order valence-electron chi connectivity index (χ0n) is 14.3. The molecule has 2 N–H and O–H groups in total. The Morgan fingerprint density at radius 1 is 1.25 bits per heavy atom. The summed E-state index contributed by atoms with van der Waals surface area (Å²) in [5, 5.41) is 12.2. The molecule has 1 aliphatic heterocycles. The van der Waals surface area contributed by atoms with Crippen molar-refractivity contribution < 1.29 is 19.4 Å². The summed E-state index contributed by atoms with van der Waals surface area (Å²) in [7, 11) is 0. The third kappa shape index (κ3) is 5.64. The Kier molecular flexibility index (Phi) is 6.79. The van der Waals surface area contributed by atoms with Crippen molar-refractivity contribution >= 4 is 11.9 Å². The summed E-state index contributed by atoms with van der Waals surface area (Å²) in [6, 6.07) is 10.2. The van der Waals surface area contributed by atoms with Gasteiger partial charge in [-0.15, -0.1) is 0 Å². The first kappa shape index (κ1) is 18.5. The van der Waals surface area contributed by atoms with Crippen LogP contribution in [0.2, 0.25) is 0 Å². The van der Waals surface area contributed by atoms with E-state index >= 15 is 0 Å². The number of carboxylic acid groups (broad SMARTS) is 1. The lowest BCUT2D eigenvalue weighted by atomic mass is 9.85. The average molecular weight is 333 g/mol. The van der Waals surface area contributed by atoms with Crippen molar-refractivity contribution in [3.8, 4) is 0 Å². The van der Waals surface area contributed by atoms with Crippen molar-refractivity contribution in [2.75, 3.05) is 13.2 Å². The summed E-state index contributed by atoms with van der Waals surface area (Å²) in [4.78, 5) is 23.7. The molecule has 0 bridgehead atoms. The van der Waals surface area contributed by atoms with Gasteiger partial charge in [0, 0.05) is 19.1 Å². The monoisotopic (exact) mass is 333 g/mol. The summed E-state index contributed by atoms with van der Waals surface area (Å²) in [5.41, 5.74) is 0.617. The molecule has 0 aliphatic carbocycles. The van der Waals surface area contributed by atoms with E-state index in [1.165, 1.54) is 5.56 Å². The Bertz CT molecular complexity index is 538. The highest BCUT2D eigenvalue weighted by Crippen LogP contribution is 2.25. The molecule has 1 amide bonds. The zero-order valence-corrected chi connectivity index (χ0v) is 14.3. The van der Waals surface area contributed by atoms with Crippen LogP contribution in [0.3, 0.4) is 0 Å². The summed E-state index contributed by atoms with van der Waals surface area (Å²) < 4.78 is 5.32. The molecule has 1 fully saturated rings. The number of carbonyl (C=O) groups is 2. The molecule has 5 heteroatoms. The van der Waals surface area contributed by atoms with Crippen molar-refractivity contribution in [2.24, 2.45) is 5.92 Å². The van der Waals surface area contributed by atoms with E-state index in [1.54, 1.807) is 0 Å². The van der Waals surface area contributed by atoms with Crippen LogP contribution in [0.5, 0.6) is 0 Å². The predicted molar refractivity (Wildman–Crippen MR) is 91.7 cm³/mol. The van der Waals surface area contributed by atoms with Gasteiger partial charge < -0.3 is 15.2 Å². The van der Waals surface area contributed by atoms with E-state index in [4.69, 9.17) is 9.84 Å². The van der Waals surface area contributed by atoms with Gasteiger partial charge in [0.05, 0.1) is 12.0 Å². The Labute approximate surface area is 143 Å². The Hall–Kier alpha value is -1.88. The lowest BCUT2D eigenvalue weighted by molar-refractivity contribution is -0.141. The summed E-state index contributed by atoms with van der Waals surface area (Å²) in [6.07, 6.45) is 3.75. The SMILES string of the molecule is CC(CCCc1ccccc1)C(=O)NC1(CC(=O)O)CCOCC1. The molecule has 1 aromatic rings. The number of amides is 1. The molecule has 1 unspecified atom stereocenters. The van der Waals surface area contributed by atoms with Gasteiger partial charge in [-0.3, -0.25) is 9.59 Å². The van der Waals surface area contributed by atoms with Gasteiger partial charge in [0.1, 0.15) is 0 Å². The van der Waals surface area contributed by atoms with E-state index in [9.17, 15) is 9.59 Å². The predicted octanol–water partition coefficient (Wildman–Crippen LogP) is 2.79. The normalized spacial score (nSPS) is 17.9. The highest BCUT2D eigenvalue weighted by atomic mass is 16.5. The Morgan fingerprint density at radius 2 is 1.92 bits per heavy atom. The maximum atomic E-state index is 12.5. The van der Waals surface area contributed by atoms with E-state index in [0.29, 0.717) is 26.1 Å². The average Bonchev–Trinajstić information content (AvgIpc) is 2.55. The molecule has 0 aromatic heterocycles. The number of carboxylic acids is 1. The summed E-state index contributed by atoms with van der Waals surface area (Å²) in [6.45, 7) is 2.90. The van der Waals surface area contributed by atoms with Crippen molar-refractivity contribution in [1.29, 1.82) is 0 Å². The molecule has 0 spiro atoms. The van der Waals surface area contributed by atoms with Crippen LogP contribution in [-0.2, 0) is 20.7 Å². The molecular weight excluding hydrogens is 306 g/mol. The fourth-order valence-electron chi connectivity index (χ4n) is 3.17. The van der Waals surface area contributed by atoms with Gasteiger partial charge >= 0.3 is 5.97 Å². The third-order valence-corrected chi connectivity index (χ3v) is 4.72. The van der Waals surface area contributed by atoms with Crippen LogP contribution in [0.15, 0.2) is 30.3 Å². The number of aliphatic carboxylic acids is 1. The van der Waals surface area contributed by atoms with Gasteiger partial charge in [-0.1, -0.05) is 37.3 Å². The molecule has 1 saturated heterocycles. The molecule has 132 valence electrons. The van der Waals surface area contributed by atoms with E-state index in [0.717, 1.165) is 19.3 Å². The van der Waals surface area contributed by atoms with E-state index < -0.39 is 11.5 Å². The summed E-state index contributed by atoms with van der Waals surface area (Å²) >= 11 is 0. The highest BCUT2D eigenvalue weighted by Gasteiger charge is 2.37. The number of aryl methyl sites for hydroxylation is 1. The van der Waals surface area contributed by atoms with E-state index in [2.05, 4.69) is 17.4 Å². The van der Waals surface area contributed by atoms with Gasteiger partial charge in [0.25, 0.3) is 0 Å². The highest BCUT2D eigenvalue weighted by molar-refractivity contribution is 5.80. The molecule has 1 aliphatic rings. The van der Waals surface area contributed by atoms with Crippen LogP contribution < -0.4 is 5.32 Å². The Morgan fingerprint density at radius 3 is 2.54 bits per heavy atom. The molecule has 0 saturated carbocycles. The molecule has 1 atom stereocenters. The molecular formula is C19H27NO4. The molecule has 1 heterocycles. The van der Waals surface area contributed by atoms with Crippen LogP contribution in [0.1, 0.15) is 44.6 Å². The Balaban J connectivity index is 1.83. The zero-order chi connectivity index (χ0) is 17.4. The number of rotatable bonds is 8. The fraction of sp³-hybridized carbons (Fsp3) is 0.579. The minimum Gasteiger partial charge on any atom is -0.481 e. The van der Waals surface area contributed by atoms with E-state index in [-0.39, 0.29) is 18.2 Å². The lowest BCUT2D eigenvalue weighted by Crippen LogP contribution is -2.54. The van der Waals surface area contributed by atoms with Crippen molar-refractivity contribution in [3.05, 3.63) is 35.9 Å². The molecule has 2 rings (SSSR count). The standard InChI is InChI=1S/C19H27NO4/c1-15(6-5-9-16-7-3-2-4-8-16)18(23)20-19(14-17(21)22)10-12-24-13-11-19/h2-4,7-8,15H,5-6,9-14H2,1H3,(H,20,23)(H,21,22). The van der Waals surface area contributed by atoms with Gasteiger partial charge in [-0.05, 0) is 37.7 Å². The maximum absolute atomic E-state index is 12.5. The van der Waals surface area contributed by atoms with Crippen molar-refractivity contribution in [1.82, 2.24) is 5.32 Å². The number of nitrogens with one attached hydrogen (secondary N) is 1. The molecule has 5 nitrogen and oxygen atoms in total. The number of carbonyl (C=O) groups excluding carboxylic acids is 1. The minimum absolute atomic E-state index is 0.0428. The first-order valence-corrected chi connectivity index (χ1v) is 8.66. The molecule has 24 heavy (non-hydrogen) atoms. The lowest BCUT2D eigenvalue weighted by Gasteiger charge is -2.37. The second-order valence-electron chi connectivity index (χ2n) is 6.73. The maximum Gasteiger partial charge on any atom is 0.305 e. The fourth-order valence-corrected chi connectivity index (χ4v) is 3.17. The van der Waals surface area contributed by atoms with Gasteiger partial charge in [0.2, 0.25) is 5.91 Å². The number of benzene rings is 1. The van der Waals surface area contributed by atoms with Crippen molar-refractivity contribution in [3.63, 3.8) is 0 Å². The third-order valence-electron chi connectivity index (χ3n) is 4.72. The number of hydrogen-bond acceptors (Lipinski definition) is 3. The van der Waals surface area contributed by atoms with Crippen LogP contribution >= 0.6 is 0 Å². The summed E-state index contributed by atoms with van der Waals surface area (Å²) in [5.74, 6) is -1.05. The van der Waals surface area contributed by atoms with Crippen molar-refractivity contribution in [2.45, 2.75) is 51.0 Å². The second-order valence-corrected chi connectivity index (χ2v) is 6.73. The first-order chi connectivity index (χ1) is 11.5. The van der Waals surface area contributed by atoms with Crippen LogP contribution in [0.25, 0.3) is 0 Å². The number of hydrogen-bond donors (Lipinski definition) is 2. The topological polar surface area (TPSA) is 75.6 Å². The molecule has 1 aromatic carbocycles. The largest absolute Gasteiger partial charge is 0.481 e. The smallest absolute Gasteiger partial charge is 0.305 e. The van der Waals surface area contributed by atoms with Crippen LogP contribution in [-0.4, -0.2) is 35.7 Å². The quantitative estimate of drug-likeness (QED) is 0.767. The van der Waals surface area contributed by atoms with Gasteiger partial charge in [0.15, 0.2) is 0 Å². The molecule has 0 radical (unpaired) electrons. The minimum atomic E-state index is -0.881. The van der Waals surface area contributed by atoms with Crippen LogP contribution in [0.4, 0.5) is 0 Å². The second kappa shape index (κ2) is 8.83. The van der Waals surface area contributed by atoms with E-state index in [1.807, 2.05) is 25.1 Å². The van der Waals surface area contributed by atoms with Crippen LogP contribution in [0, 0.1) is 5.92 Å². The number of ether oxygens (including phenoxy) is 1.